The first kappa shape index (κ1) is 82.0. The van der Waals surface area contributed by atoms with E-state index in [1.165, 1.54) is 0 Å². The van der Waals surface area contributed by atoms with E-state index in [9.17, 15) is 0 Å². The number of hydrogen-bond acceptors (Lipinski definition) is 6. The molecule has 0 aliphatic rings. The van der Waals surface area contributed by atoms with E-state index in [2.05, 4.69) is 6.65 Å². The van der Waals surface area contributed by atoms with E-state index in [1.54, 1.807) is 0 Å². The molecular weight excluding hydrogens is 346 g/mol. The molecular formula is C3H8Co2O9Ti. The van der Waals surface area contributed by atoms with Gasteiger partial charge in [0.05, 0.1) is 0 Å². The average molecular weight is 354 g/mol. The molecule has 0 aliphatic carbocycles. The zero-order chi connectivity index (χ0) is 9.41. The molecule has 0 rings (SSSR count). The second-order valence-electron chi connectivity index (χ2n) is 0.167. The third-order valence-electron chi connectivity index (χ3n) is 0. The molecule has 0 amide bonds. The van der Waals surface area contributed by atoms with Crippen LogP contribution in [0.4, 0.5) is 0 Å². The molecule has 0 aromatic rings. The van der Waals surface area contributed by atoms with Crippen LogP contribution in [0.1, 0.15) is 7.43 Å². The van der Waals surface area contributed by atoms with Crippen molar-refractivity contribution in [3.8, 4) is 0 Å². The van der Waals surface area contributed by atoms with E-state index in [4.69, 9.17) is 30.8 Å². The first-order valence-electron chi connectivity index (χ1n) is 1.19. The van der Waals surface area contributed by atoms with Crippen molar-refractivity contribution in [1.29, 1.82) is 0 Å². The van der Waals surface area contributed by atoms with Crippen molar-refractivity contribution in [3.05, 3.63) is 16.6 Å². The molecule has 0 bridgehead atoms. The summed E-state index contributed by atoms with van der Waals surface area (Å²) in [7, 11) is 0. The number of rotatable bonds is 0. The van der Waals surface area contributed by atoms with Crippen LogP contribution in [0.3, 0.4) is 0 Å². The third kappa shape index (κ3) is 1870000. The van der Waals surface area contributed by atoms with E-state index in [0.29, 0.717) is 0 Å². The summed E-state index contributed by atoms with van der Waals surface area (Å²) in [5, 5.41) is 0. The van der Waals surface area contributed by atoms with Gasteiger partial charge in [-0.2, -0.15) is 9.59 Å². The monoisotopic (exact) mass is 354 g/mol. The van der Waals surface area contributed by atoms with Crippen LogP contribution in [-0.2, 0) is 73.5 Å². The van der Waals surface area contributed by atoms with Crippen LogP contribution in [0, 0.1) is 16.6 Å². The molecule has 0 heterocycles. The van der Waals surface area contributed by atoms with Gasteiger partial charge in [0.15, 0.2) is 0 Å². The van der Waals surface area contributed by atoms with Crippen molar-refractivity contribution in [3.63, 3.8) is 0 Å². The Hall–Kier alpha value is -0.0327. The van der Waals surface area contributed by atoms with Crippen LogP contribution in [0.25, 0.3) is 0 Å². The Morgan fingerprint density at radius 1 is 0.933 bits per heavy atom. The fourth-order valence-corrected chi connectivity index (χ4v) is 0. The summed E-state index contributed by atoms with van der Waals surface area (Å²) in [6.45, 7) is 4.50. The topological polar surface area (TPSA) is 185 Å². The fraction of sp³-hybridized carbons (Fsp3) is 0.333. The summed E-state index contributed by atoms with van der Waals surface area (Å²) in [6, 6.07) is 0. The number of carbonyl (C=O) groups excluding carboxylic acids is 2. The molecule has 96 valence electrons. The molecule has 2 radical (unpaired) electrons. The third-order valence-corrected chi connectivity index (χ3v) is 0. The van der Waals surface area contributed by atoms with Crippen molar-refractivity contribution >= 4 is 6.15 Å². The van der Waals surface area contributed by atoms with E-state index in [1.807, 2.05) is 0 Å². The first-order chi connectivity index (χ1) is 4.83. The summed E-state index contributed by atoms with van der Waals surface area (Å²) in [6.07, 6.45) is 0.250. The van der Waals surface area contributed by atoms with Crippen LogP contribution >= 0.6 is 0 Å². The van der Waals surface area contributed by atoms with Gasteiger partial charge in [0, 0.05) is 43.5 Å². The summed E-state index contributed by atoms with van der Waals surface area (Å²) in [5.74, 6) is 0. The van der Waals surface area contributed by atoms with Gasteiger partial charge < -0.3 is 11.0 Å². The molecule has 0 aliphatic heterocycles. The zero-order valence-electron chi connectivity index (χ0n) is 6.02. The Kier molecular flexibility index (Phi) is 3320. The van der Waals surface area contributed by atoms with Gasteiger partial charge in [0.2, 0.25) is 0 Å². The molecule has 0 unspecified atom stereocenters. The van der Waals surface area contributed by atoms with Gasteiger partial charge in [0.1, 0.15) is 0 Å². The van der Waals surface area contributed by atoms with E-state index < -0.39 is 19.1 Å². The van der Waals surface area contributed by atoms with Gasteiger partial charge in [-0.3, -0.25) is 0 Å². The average Bonchev–Trinajstić information content (AvgIpc) is 1.99. The van der Waals surface area contributed by atoms with Crippen molar-refractivity contribution in [2.45, 2.75) is 7.43 Å². The van der Waals surface area contributed by atoms with Crippen LogP contribution in [0.15, 0.2) is 0 Å². The Balaban J connectivity index is -0.00000000418. The summed E-state index contributed by atoms with van der Waals surface area (Å²) < 4.78 is 24.5. The molecule has 0 spiro atoms. The molecule has 4 N–H and O–H groups in total. The minimum absolute atomic E-state index is 0. The molecule has 12 heteroatoms. The standard InChI is InChI=1S/CO2.CO.CH4.2Co.O2.2H2O.2O.Ti/c2-1-3;1-2;;;;1-2;;;;;/h;;1H4;;;;2*1H2;;;. The van der Waals surface area contributed by atoms with Crippen molar-refractivity contribution < 1.29 is 84.5 Å². The predicted molar refractivity (Wildman–Crippen MR) is 31.0 cm³/mol. The van der Waals surface area contributed by atoms with Crippen molar-refractivity contribution in [2.24, 2.45) is 0 Å². The van der Waals surface area contributed by atoms with Gasteiger partial charge in [-0.05, 0) is 0 Å². The molecule has 15 heavy (non-hydrogen) atoms. The Labute approximate surface area is 114 Å². The Morgan fingerprint density at radius 3 is 0.933 bits per heavy atom. The van der Waals surface area contributed by atoms with Gasteiger partial charge in [-0.15, -0.1) is 0 Å². The van der Waals surface area contributed by atoms with E-state index >= 15 is 0 Å². The first-order valence-corrected chi connectivity index (χ1v) is 2.46. The van der Waals surface area contributed by atoms with Gasteiger partial charge in [-0.25, -0.2) is 0 Å². The minimum atomic E-state index is -2.00. The summed E-state index contributed by atoms with van der Waals surface area (Å²) >= 11 is -2.00. The quantitative estimate of drug-likeness (QED) is 0.280. The van der Waals surface area contributed by atoms with Gasteiger partial charge in [-0.1, -0.05) is 7.43 Å². The van der Waals surface area contributed by atoms with Gasteiger partial charge in [0.25, 0.3) is 0 Å². The molecule has 0 atom stereocenters. The molecule has 0 aromatic carbocycles. The predicted octanol–water partition coefficient (Wildman–Crippen LogP) is -1.81. The SMILES string of the molecule is C.O.O.O=C=O.O=O.[C-]#[O+].[Co].[Co].[O]=[Ti]=[O]. The normalized spacial score (nSPS) is 1.47. The number of hydrogen-bond donors (Lipinski definition) is 0. The van der Waals surface area contributed by atoms with Crippen LogP contribution < -0.4 is 0 Å². The second kappa shape index (κ2) is 607. The van der Waals surface area contributed by atoms with Crippen molar-refractivity contribution in [1.82, 2.24) is 0 Å². The molecule has 9 nitrogen and oxygen atoms in total. The summed E-state index contributed by atoms with van der Waals surface area (Å²) in [5.41, 5.74) is 0. The molecule has 0 fully saturated rings. The van der Waals surface area contributed by atoms with Crippen LogP contribution in [-0.4, -0.2) is 17.1 Å². The maximum absolute atomic E-state index is 8.50. The summed E-state index contributed by atoms with van der Waals surface area (Å²) in [4.78, 5) is 30.2. The van der Waals surface area contributed by atoms with Gasteiger partial charge >= 0.3 is 43.2 Å². The molecule has 0 aromatic heterocycles. The molecule has 0 saturated heterocycles. The second-order valence-corrected chi connectivity index (χ2v) is 0.427. The molecule has 0 saturated carbocycles. The maximum atomic E-state index is 8.50. The van der Waals surface area contributed by atoms with Crippen LogP contribution in [0.5, 0.6) is 0 Å². The zero-order valence-corrected chi connectivity index (χ0v) is 9.67. The van der Waals surface area contributed by atoms with E-state index in [-0.39, 0.29) is 58.1 Å². The van der Waals surface area contributed by atoms with Crippen molar-refractivity contribution in [2.75, 3.05) is 0 Å². The Bertz CT molecular complexity index is 115. The van der Waals surface area contributed by atoms with E-state index in [0.717, 1.165) is 0 Å². The fourth-order valence-electron chi connectivity index (χ4n) is 0. The van der Waals surface area contributed by atoms with Crippen LogP contribution in [0.2, 0.25) is 0 Å². The Morgan fingerprint density at radius 2 is 0.933 bits per heavy atom.